The SMILES string of the molecule is COc1ncc(CC#N)cc1-c1ccc(Cl)c(Cl)c1. The lowest BCUT2D eigenvalue weighted by molar-refractivity contribution is 0.399. The number of rotatable bonds is 3. The molecule has 0 saturated heterocycles. The highest BCUT2D eigenvalue weighted by molar-refractivity contribution is 6.42. The minimum Gasteiger partial charge on any atom is -0.481 e. The summed E-state index contributed by atoms with van der Waals surface area (Å²) in [5.41, 5.74) is 2.46. The minimum atomic E-state index is 0.297. The summed E-state index contributed by atoms with van der Waals surface area (Å²) in [5, 5.41) is 9.70. The Kier molecular flexibility index (Phi) is 4.26. The maximum atomic E-state index is 8.74. The first kappa shape index (κ1) is 13.7. The van der Waals surface area contributed by atoms with Gasteiger partial charge in [-0.2, -0.15) is 5.26 Å². The number of pyridine rings is 1. The third-order valence-electron chi connectivity index (χ3n) is 2.61. The van der Waals surface area contributed by atoms with E-state index in [1.807, 2.05) is 12.1 Å². The van der Waals surface area contributed by atoms with E-state index in [0.29, 0.717) is 22.3 Å². The Bertz CT molecular complexity index is 650. The van der Waals surface area contributed by atoms with E-state index in [-0.39, 0.29) is 0 Å². The Balaban J connectivity index is 2.55. The van der Waals surface area contributed by atoms with Crippen LogP contribution in [0.4, 0.5) is 0 Å². The molecule has 0 N–H and O–H groups in total. The normalized spacial score (nSPS) is 10.0. The van der Waals surface area contributed by atoms with Gasteiger partial charge in [-0.05, 0) is 29.3 Å². The van der Waals surface area contributed by atoms with E-state index >= 15 is 0 Å². The number of nitrogens with zero attached hydrogens (tertiary/aromatic N) is 2. The van der Waals surface area contributed by atoms with Gasteiger partial charge in [0, 0.05) is 11.8 Å². The second-order valence-corrected chi connectivity index (χ2v) is 4.68. The van der Waals surface area contributed by atoms with Crippen LogP contribution in [0.3, 0.4) is 0 Å². The molecule has 0 atom stereocenters. The van der Waals surface area contributed by atoms with Gasteiger partial charge in [0.2, 0.25) is 5.88 Å². The number of halogens is 2. The highest BCUT2D eigenvalue weighted by Gasteiger charge is 2.10. The topological polar surface area (TPSA) is 45.9 Å². The molecule has 0 bridgehead atoms. The first-order valence-electron chi connectivity index (χ1n) is 5.51. The van der Waals surface area contributed by atoms with Gasteiger partial charge in [0.25, 0.3) is 0 Å². The largest absolute Gasteiger partial charge is 0.481 e. The summed E-state index contributed by atoms with van der Waals surface area (Å²) in [5.74, 6) is 0.486. The fourth-order valence-electron chi connectivity index (χ4n) is 1.72. The number of hydrogen-bond donors (Lipinski definition) is 0. The molecule has 3 nitrogen and oxygen atoms in total. The van der Waals surface area contributed by atoms with Gasteiger partial charge in [-0.25, -0.2) is 4.98 Å². The average Bonchev–Trinajstić information content (AvgIpc) is 2.42. The van der Waals surface area contributed by atoms with Gasteiger partial charge in [0.1, 0.15) is 0 Å². The lowest BCUT2D eigenvalue weighted by Gasteiger charge is -2.09. The lowest BCUT2D eigenvalue weighted by Crippen LogP contribution is -1.94. The van der Waals surface area contributed by atoms with Gasteiger partial charge in [-0.3, -0.25) is 0 Å². The van der Waals surface area contributed by atoms with E-state index in [0.717, 1.165) is 16.7 Å². The standard InChI is InChI=1S/C14H10Cl2N2O/c1-19-14-11(6-9(4-5-17)8-18-14)10-2-3-12(15)13(16)7-10/h2-3,6-8H,4H2,1H3. The zero-order valence-corrected chi connectivity index (χ0v) is 11.7. The van der Waals surface area contributed by atoms with Gasteiger partial charge < -0.3 is 4.74 Å². The van der Waals surface area contributed by atoms with Crippen molar-refractivity contribution in [1.29, 1.82) is 5.26 Å². The number of hydrogen-bond acceptors (Lipinski definition) is 3. The zero-order valence-electron chi connectivity index (χ0n) is 10.2. The first-order valence-corrected chi connectivity index (χ1v) is 6.26. The van der Waals surface area contributed by atoms with Crippen LogP contribution in [-0.2, 0) is 6.42 Å². The molecule has 0 aliphatic rings. The zero-order chi connectivity index (χ0) is 13.8. The van der Waals surface area contributed by atoms with E-state index in [4.69, 9.17) is 33.2 Å². The Hall–Kier alpha value is -1.76. The molecule has 0 aliphatic heterocycles. The van der Waals surface area contributed by atoms with Gasteiger partial charge in [0.05, 0.1) is 29.6 Å². The van der Waals surface area contributed by atoms with Crippen LogP contribution in [0.15, 0.2) is 30.5 Å². The first-order chi connectivity index (χ1) is 9.15. The molecule has 0 amide bonds. The molecule has 0 fully saturated rings. The van der Waals surface area contributed by atoms with Crippen molar-refractivity contribution < 1.29 is 4.74 Å². The summed E-state index contributed by atoms with van der Waals surface area (Å²) >= 11 is 11.9. The van der Waals surface area contributed by atoms with E-state index in [1.165, 1.54) is 0 Å². The molecule has 5 heteroatoms. The number of methoxy groups -OCH3 is 1. The smallest absolute Gasteiger partial charge is 0.221 e. The molecule has 19 heavy (non-hydrogen) atoms. The van der Waals surface area contributed by atoms with E-state index in [2.05, 4.69) is 11.1 Å². The summed E-state index contributed by atoms with van der Waals surface area (Å²) in [6.45, 7) is 0. The van der Waals surface area contributed by atoms with Crippen LogP contribution in [0.2, 0.25) is 10.0 Å². The molecule has 1 aromatic heterocycles. The molecule has 0 spiro atoms. The predicted octanol–water partition coefficient (Wildman–Crippen LogP) is 4.13. The number of aromatic nitrogens is 1. The van der Waals surface area contributed by atoms with Crippen LogP contribution in [0.1, 0.15) is 5.56 Å². The van der Waals surface area contributed by atoms with E-state index in [1.54, 1.807) is 25.4 Å². The number of nitriles is 1. The van der Waals surface area contributed by atoms with Gasteiger partial charge >= 0.3 is 0 Å². The summed E-state index contributed by atoms with van der Waals surface area (Å²) in [6, 6.07) is 9.27. The Morgan fingerprint density at radius 3 is 2.68 bits per heavy atom. The fourth-order valence-corrected chi connectivity index (χ4v) is 2.01. The fraction of sp³-hybridized carbons (Fsp3) is 0.143. The third kappa shape index (κ3) is 2.98. The molecule has 1 aromatic carbocycles. The predicted molar refractivity (Wildman–Crippen MR) is 75.6 cm³/mol. The van der Waals surface area contributed by atoms with Crippen LogP contribution in [0.25, 0.3) is 11.1 Å². The summed E-state index contributed by atoms with van der Waals surface area (Å²) < 4.78 is 5.23. The number of ether oxygens (including phenoxy) is 1. The highest BCUT2D eigenvalue weighted by Crippen LogP contribution is 2.33. The van der Waals surface area contributed by atoms with Crippen LogP contribution in [0.5, 0.6) is 5.88 Å². The van der Waals surface area contributed by atoms with Crippen LogP contribution in [0, 0.1) is 11.3 Å². The van der Waals surface area contributed by atoms with Crippen molar-refractivity contribution in [3.63, 3.8) is 0 Å². The molecule has 0 unspecified atom stereocenters. The maximum absolute atomic E-state index is 8.74. The van der Waals surface area contributed by atoms with Crippen molar-refractivity contribution in [2.45, 2.75) is 6.42 Å². The van der Waals surface area contributed by atoms with E-state index < -0.39 is 0 Å². The van der Waals surface area contributed by atoms with Crippen molar-refractivity contribution in [1.82, 2.24) is 4.98 Å². The summed E-state index contributed by atoms with van der Waals surface area (Å²) in [4.78, 5) is 4.19. The Morgan fingerprint density at radius 1 is 1.26 bits per heavy atom. The minimum absolute atomic E-state index is 0.297. The van der Waals surface area contributed by atoms with Crippen molar-refractivity contribution in [2.75, 3.05) is 7.11 Å². The van der Waals surface area contributed by atoms with Crippen LogP contribution < -0.4 is 4.74 Å². The average molecular weight is 293 g/mol. The van der Waals surface area contributed by atoms with Crippen LogP contribution >= 0.6 is 23.2 Å². The molecule has 1 heterocycles. The molecule has 0 saturated carbocycles. The van der Waals surface area contributed by atoms with E-state index in [9.17, 15) is 0 Å². The van der Waals surface area contributed by atoms with Crippen molar-refractivity contribution in [3.8, 4) is 23.1 Å². The molecule has 0 radical (unpaired) electrons. The maximum Gasteiger partial charge on any atom is 0.221 e. The van der Waals surface area contributed by atoms with Crippen LogP contribution in [-0.4, -0.2) is 12.1 Å². The molecule has 96 valence electrons. The second kappa shape index (κ2) is 5.92. The summed E-state index contributed by atoms with van der Waals surface area (Å²) in [6.07, 6.45) is 1.92. The molecule has 2 aromatic rings. The number of benzene rings is 1. The van der Waals surface area contributed by atoms with Gasteiger partial charge in [-0.15, -0.1) is 0 Å². The summed E-state index contributed by atoms with van der Waals surface area (Å²) in [7, 11) is 1.55. The Labute approximate surface area is 121 Å². The third-order valence-corrected chi connectivity index (χ3v) is 3.35. The molecular formula is C14H10Cl2N2O. The monoisotopic (exact) mass is 292 g/mol. The van der Waals surface area contributed by atoms with Crippen molar-refractivity contribution in [3.05, 3.63) is 46.1 Å². The van der Waals surface area contributed by atoms with Crippen molar-refractivity contribution >= 4 is 23.2 Å². The van der Waals surface area contributed by atoms with Gasteiger partial charge in [-0.1, -0.05) is 29.3 Å². The second-order valence-electron chi connectivity index (χ2n) is 3.86. The lowest BCUT2D eigenvalue weighted by atomic mass is 10.0. The molecular weight excluding hydrogens is 283 g/mol. The van der Waals surface area contributed by atoms with Gasteiger partial charge in [0.15, 0.2) is 0 Å². The van der Waals surface area contributed by atoms with Crippen molar-refractivity contribution in [2.24, 2.45) is 0 Å². The Morgan fingerprint density at radius 2 is 2.05 bits per heavy atom. The quantitative estimate of drug-likeness (QED) is 0.854. The molecule has 2 rings (SSSR count). The highest BCUT2D eigenvalue weighted by atomic mass is 35.5. The molecule has 0 aliphatic carbocycles.